The molecule has 0 atom stereocenters. The summed E-state index contributed by atoms with van der Waals surface area (Å²) in [5.41, 5.74) is 2.40. The first-order chi connectivity index (χ1) is 10.2. The van der Waals surface area contributed by atoms with Gasteiger partial charge in [0.05, 0.1) is 6.54 Å². The Kier molecular flexibility index (Phi) is 4.81. The van der Waals surface area contributed by atoms with Crippen molar-refractivity contribution in [3.05, 3.63) is 46.1 Å². The molecule has 3 heteroatoms. The molecular weight excluding hydrogens is 326 g/mol. The van der Waals surface area contributed by atoms with E-state index in [1.165, 1.54) is 43.2 Å². The largest absolute Gasteiger partial charge is 0.460 e. The zero-order chi connectivity index (χ0) is 14.7. The maximum Gasteiger partial charge on any atom is 0.134 e. The molecule has 1 aromatic carbocycles. The van der Waals surface area contributed by atoms with Crippen LogP contribution < -0.4 is 5.32 Å². The van der Waals surface area contributed by atoms with Crippen molar-refractivity contribution < 1.29 is 4.42 Å². The fraction of sp³-hybridized carbons (Fsp3) is 0.444. The normalized spacial score (nSPS) is 16.3. The van der Waals surface area contributed by atoms with Crippen molar-refractivity contribution in [2.45, 2.75) is 51.6 Å². The summed E-state index contributed by atoms with van der Waals surface area (Å²) in [5.74, 6) is 1.98. The summed E-state index contributed by atoms with van der Waals surface area (Å²) < 4.78 is 7.11. The molecule has 3 rings (SSSR count). The van der Waals surface area contributed by atoms with Gasteiger partial charge in [-0.3, -0.25) is 0 Å². The van der Waals surface area contributed by atoms with Gasteiger partial charge in [0.1, 0.15) is 11.5 Å². The van der Waals surface area contributed by atoms with Crippen molar-refractivity contribution in [3.8, 4) is 11.3 Å². The second kappa shape index (κ2) is 6.80. The van der Waals surface area contributed by atoms with Gasteiger partial charge in [0, 0.05) is 16.1 Å². The summed E-state index contributed by atoms with van der Waals surface area (Å²) in [4.78, 5) is 0. The van der Waals surface area contributed by atoms with Crippen molar-refractivity contribution in [1.29, 1.82) is 0 Å². The van der Waals surface area contributed by atoms with Crippen LogP contribution in [0, 0.1) is 6.92 Å². The second-order valence-electron chi connectivity index (χ2n) is 5.94. The Morgan fingerprint density at radius 2 is 1.95 bits per heavy atom. The Balaban J connectivity index is 1.65. The summed E-state index contributed by atoms with van der Waals surface area (Å²) in [6, 6.07) is 11.1. The van der Waals surface area contributed by atoms with Crippen LogP contribution in [0.3, 0.4) is 0 Å². The van der Waals surface area contributed by atoms with Crippen molar-refractivity contribution in [2.75, 3.05) is 0 Å². The molecule has 1 aromatic heterocycles. The lowest BCUT2D eigenvalue weighted by molar-refractivity contribution is 0.358. The Bertz CT molecular complexity index is 599. The minimum absolute atomic E-state index is 0.668. The number of hydrogen-bond donors (Lipinski definition) is 1. The first kappa shape index (κ1) is 14.9. The summed E-state index contributed by atoms with van der Waals surface area (Å²) in [7, 11) is 0. The van der Waals surface area contributed by atoms with Gasteiger partial charge >= 0.3 is 0 Å². The summed E-state index contributed by atoms with van der Waals surface area (Å²) >= 11 is 3.50. The van der Waals surface area contributed by atoms with Gasteiger partial charge in [-0.2, -0.15) is 0 Å². The van der Waals surface area contributed by atoms with E-state index < -0.39 is 0 Å². The van der Waals surface area contributed by atoms with Gasteiger partial charge in [0.25, 0.3) is 0 Å². The lowest BCUT2D eigenvalue weighted by Gasteiger charge is -2.22. The number of nitrogens with one attached hydrogen (secondary N) is 1. The Labute approximate surface area is 135 Å². The summed E-state index contributed by atoms with van der Waals surface area (Å²) in [5, 5.41) is 3.63. The van der Waals surface area contributed by atoms with Crippen LogP contribution >= 0.6 is 15.9 Å². The van der Waals surface area contributed by atoms with Gasteiger partial charge in [-0.15, -0.1) is 0 Å². The first-order valence-electron chi connectivity index (χ1n) is 7.81. The fourth-order valence-electron chi connectivity index (χ4n) is 3.07. The zero-order valence-electron chi connectivity index (χ0n) is 12.5. The number of furan rings is 1. The van der Waals surface area contributed by atoms with E-state index in [0.717, 1.165) is 22.5 Å². The predicted molar refractivity (Wildman–Crippen MR) is 90.3 cm³/mol. The van der Waals surface area contributed by atoms with E-state index in [9.17, 15) is 0 Å². The first-order valence-corrected chi connectivity index (χ1v) is 8.60. The molecule has 2 aromatic rings. The molecule has 1 aliphatic rings. The van der Waals surface area contributed by atoms with Crippen molar-refractivity contribution >= 4 is 15.9 Å². The molecule has 0 unspecified atom stereocenters. The standard InChI is InChI=1S/C18H22BrNO/c1-13-11-14(19)7-9-17(13)18-10-8-16(21-18)12-20-15-5-3-2-4-6-15/h7-11,15,20H,2-6,12H2,1H3. The summed E-state index contributed by atoms with van der Waals surface area (Å²) in [6.07, 6.45) is 6.73. The number of rotatable bonds is 4. The highest BCUT2D eigenvalue weighted by Gasteiger charge is 2.13. The molecule has 112 valence electrons. The van der Waals surface area contributed by atoms with Crippen molar-refractivity contribution in [1.82, 2.24) is 5.32 Å². The molecule has 1 aliphatic carbocycles. The predicted octanol–water partition coefficient (Wildman–Crippen LogP) is 5.44. The Morgan fingerprint density at radius 3 is 2.71 bits per heavy atom. The molecule has 0 bridgehead atoms. The van der Waals surface area contributed by atoms with E-state index in [-0.39, 0.29) is 0 Å². The summed E-state index contributed by atoms with van der Waals surface area (Å²) in [6.45, 7) is 2.95. The highest BCUT2D eigenvalue weighted by atomic mass is 79.9. The minimum Gasteiger partial charge on any atom is -0.460 e. The van der Waals surface area contributed by atoms with Crippen LogP contribution in [0.5, 0.6) is 0 Å². The molecule has 21 heavy (non-hydrogen) atoms. The van der Waals surface area contributed by atoms with Gasteiger partial charge in [-0.25, -0.2) is 0 Å². The molecule has 0 spiro atoms. The number of hydrogen-bond acceptors (Lipinski definition) is 2. The van der Waals surface area contributed by atoms with E-state index in [1.807, 2.05) is 0 Å². The van der Waals surface area contributed by atoms with Crippen LogP contribution in [-0.4, -0.2) is 6.04 Å². The molecule has 0 radical (unpaired) electrons. The molecular formula is C18H22BrNO. The van der Waals surface area contributed by atoms with Crippen LogP contribution in [0.1, 0.15) is 43.4 Å². The maximum atomic E-state index is 6.00. The van der Waals surface area contributed by atoms with E-state index >= 15 is 0 Å². The van der Waals surface area contributed by atoms with Crippen LogP contribution in [-0.2, 0) is 6.54 Å². The molecule has 0 aliphatic heterocycles. The molecule has 1 heterocycles. The molecule has 1 N–H and O–H groups in total. The molecule has 1 saturated carbocycles. The third-order valence-electron chi connectivity index (χ3n) is 4.29. The third-order valence-corrected chi connectivity index (χ3v) is 4.78. The van der Waals surface area contributed by atoms with Gasteiger partial charge in [0.15, 0.2) is 0 Å². The molecule has 1 fully saturated rings. The molecule has 0 amide bonds. The Morgan fingerprint density at radius 1 is 1.14 bits per heavy atom. The quantitative estimate of drug-likeness (QED) is 0.796. The van der Waals surface area contributed by atoms with E-state index in [0.29, 0.717) is 6.04 Å². The van der Waals surface area contributed by atoms with Gasteiger partial charge in [0.2, 0.25) is 0 Å². The van der Waals surface area contributed by atoms with Gasteiger partial charge < -0.3 is 9.73 Å². The molecule has 2 nitrogen and oxygen atoms in total. The lowest BCUT2D eigenvalue weighted by atomic mass is 9.95. The average Bonchev–Trinajstić information content (AvgIpc) is 2.95. The van der Waals surface area contributed by atoms with Crippen LogP contribution in [0.15, 0.2) is 39.2 Å². The Hall–Kier alpha value is -1.06. The monoisotopic (exact) mass is 347 g/mol. The fourth-order valence-corrected chi connectivity index (χ4v) is 3.55. The maximum absolute atomic E-state index is 6.00. The highest BCUT2D eigenvalue weighted by molar-refractivity contribution is 9.10. The number of aryl methyl sites for hydroxylation is 1. The second-order valence-corrected chi connectivity index (χ2v) is 6.86. The zero-order valence-corrected chi connectivity index (χ0v) is 14.1. The topological polar surface area (TPSA) is 25.2 Å². The third kappa shape index (κ3) is 3.78. The number of halogens is 1. The van der Waals surface area contributed by atoms with Crippen LogP contribution in [0.2, 0.25) is 0 Å². The van der Waals surface area contributed by atoms with E-state index in [1.54, 1.807) is 0 Å². The lowest BCUT2D eigenvalue weighted by Crippen LogP contribution is -2.30. The average molecular weight is 348 g/mol. The smallest absolute Gasteiger partial charge is 0.134 e. The number of benzene rings is 1. The highest BCUT2D eigenvalue weighted by Crippen LogP contribution is 2.28. The van der Waals surface area contributed by atoms with E-state index in [2.05, 4.69) is 58.5 Å². The van der Waals surface area contributed by atoms with Gasteiger partial charge in [-0.1, -0.05) is 35.2 Å². The van der Waals surface area contributed by atoms with Crippen molar-refractivity contribution in [2.24, 2.45) is 0 Å². The van der Waals surface area contributed by atoms with Crippen LogP contribution in [0.4, 0.5) is 0 Å². The van der Waals surface area contributed by atoms with Crippen LogP contribution in [0.25, 0.3) is 11.3 Å². The van der Waals surface area contributed by atoms with Crippen molar-refractivity contribution in [3.63, 3.8) is 0 Å². The van der Waals surface area contributed by atoms with Gasteiger partial charge in [-0.05, 0) is 55.7 Å². The SMILES string of the molecule is Cc1cc(Br)ccc1-c1ccc(CNC2CCCCC2)o1. The minimum atomic E-state index is 0.668. The van der Waals surface area contributed by atoms with E-state index in [4.69, 9.17) is 4.42 Å². The molecule has 0 saturated heterocycles.